The predicted octanol–water partition coefficient (Wildman–Crippen LogP) is 3.17. The molecule has 0 unspecified atom stereocenters. The van der Waals surface area contributed by atoms with Gasteiger partial charge in [-0.1, -0.05) is 36.8 Å². The molecule has 1 aromatic carbocycles. The summed E-state index contributed by atoms with van der Waals surface area (Å²) in [6.07, 6.45) is 5.92. The molecule has 0 aliphatic carbocycles. The summed E-state index contributed by atoms with van der Waals surface area (Å²) in [7, 11) is 0. The highest BCUT2D eigenvalue weighted by atomic mass is 16.2. The van der Waals surface area contributed by atoms with E-state index in [-0.39, 0.29) is 5.91 Å². The second-order valence-corrected chi connectivity index (χ2v) is 6.59. The van der Waals surface area contributed by atoms with Gasteiger partial charge in [-0.3, -0.25) is 9.69 Å². The van der Waals surface area contributed by atoms with Crippen LogP contribution in [0.25, 0.3) is 0 Å². The molecule has 2 rings (SSSR count). The predicted molar refractivity (Wildman–Crippen MR) is 92.0 cm³/mol. The third-order valence-corrected chi connectivity index (χ3v) is 4.61. The average Bonchev–Trinajstić information content (AvgIpc) is 2.54. The molecule has 1 N–H and O–H groups in total. The maximum absolute atomic E-state index is 11.7. The summed E-state index contributed by atoms with van der Waals surface area (Å²) in [6, 6.07) is 8.91. The van der Waals surface area contributed by atoms with Gasteiger partial charge in [-0.05, 0) is 63.6 Å². The van der Waals surface area contributed by atoms with Crippen LogP contribution in [0.3, 0.4) is 0 Å². The molecule has 122 valence electrons. The Labute approximate surface area is 135 Å². The van der Waals surface area contributed by atoms with Gasteiger partial charge >= 0.3 is 0 Å². The Hall–Kier alpha value is -1.35. The molecule has 1 saturated heterocycles. The van der Waals surface area contributed by atoms with E-state index in [0.29, 0.717) is 6.54 Å². The molecule has 22 heavy (non-hydrogen) atoms. The quantitative estimate of drug-likeness (QED) is 0.839. The van der Waals surface area contributed by atoms with Crippen molar-refractivity contribution in [3.63, 3.8) is 0 Å². The molecule has 0 bridgehead atoms. The number of benzene rings is 1. The number of rotatable bonds is 7. The van der Waals surface area contributed by atoms with Gasteiger partial charge < -0.3 is 5.32 Å². The summed E-state index contributed by atoms with van der Waals surface area (Å²) in [5.41, 5.74) is 2.78. The normalized spacial score (nSPS) is 16.6. The maximum Gasteiger partial charge on any atom is 0.234 e. The van der Waals surface area contributed by atoms with Crippen LogP contribution in [-0.2, 0) is 11.2 Å². The van der Waals surface area contributed by atoms with Gasteiger partial charge in [0, 0.05) is 6.54 Å². The Balaban J connectivity index is 1.64. The lowest BCUT2D eigenvalue weighted by Crippen LogP contribution is -2.41. The molecule has 3 heteroatoms. The highest BCUT2D eigenvalue weighted by Gasteiger charge is 2.20. The van der Waals surface area contributed by atoms with Crippen LogP contribution < -0.4 is 5.32 Å². The Morgan fingerprint density at radius 3 is 2.55 bits per heavy atom. The molecule has 0 radical (unpaired) electrons. The topological polar surface area (TPSA) is 32.3 Å². The minimum Gasteiger partial charge on any atom is -0.355 e. The Morgan fingerprint density at radius 2 is 1.91 bits per heavy atom. The van der Waals surface area contributed by atoms with Crippen molar-refractivity contribution in [3.8, 4) is 0 Å². The fourth-order valence-corrected chi connectivity index (χ4v) is 3.08. The van der Waals surface area contributed by atoms with Crippen molar-refractivity contribution in [3.05, 3.63) is 35.4 Å². The Bertz CT molecular complexity index is 447. The number of nitrogens with zero attached hydrogens (tertiary/aromatic N) is 1. The smallest absolute Gasteiger partial charge is 0.234 e. The number of hydrogen-bond donors (Lipinski definition) is 1. The molecule has 3 nitrogen and oxygen atoms in total. The van der Waals surface area contributed by atoms with E-state index in [2.05, 4.69) is 48.3 Å². The van der Waals surface area contributed by atoms with E-state index in [4.69, 9.17) is 0 Å². The fraction of sp³-hybridized carbons (Fsp3) is 0.632. The van der Waals surface area contributed by atoms with Gasteiger partial charge in [0.1, 0.15) is 0 Å². The van der Waals surface area contributed by atoms with E-state index in [0.717, 1.165) is 32.0 Å². The first-order valence-electron chi connectivity index (χ1n) is 8.72. The molecular formula is C19H30N2O. The molecule has 0 spiro atoms. The lowest BCUT2D eigenvalue weighted by molar-refractivity contribution is -0.122. The van der Waals surface area contributed by atoms with Gasteiger partial charge in [0.15, 0.2) is 0 Å². The van der Waals surface area contributed by atoms with Gasteiger partial charge in [0.25, 0.3) is 0 Å². The van der Waals surface area contributed by atoms with E-state index in [1.807, 2.05) is 0 Å². The summed E-state index contributed by atoms with van der Waals surface area (Å²) in [4.78, 5) is 14.0. The highest BCUT2D eigenvalue weighted by molar-refractivity contribution is 5.77. The van der Waals surface area contributed by atoms with E-state index in [1.54, 1.807) is 0 Å². The zero-order chi connectivity index (χ0) is 15.8. The fourth-order valence-electron chi connectivity index (χ4n) is 3.08. The lowest BCUT2D eigenvalue weighted by Gasteiger charge is -2.31. The number of hydrogen-bond acceptors (Lipinski definition) is 2. The minimum atomic E-state index is 0.181. The van der Waals surface area contributed by atoms with E-state index in [9.17, 15) is 4.79 Å². The maximum atomic E-state index is 11.7. The number of nitrogens with one attached hydrogen (secondary N) is 1. The summed E-state index contributed by atoms with van der Waals surface area (Å²) in [5, 5.41) is 2.96. The average molecular weight is 302 g/mol. The number of piperidine rings is 1. The first-order chi connectivity index (χ1) is 10.7. The van der Waals surface area contributed by atoms with Gasteiger partial charge in [-0.15, -0.1) is 0 Å². The van der Waals surface area contributed by atoms with Crippen molar-refractivity contribution in [2.45, 2.75) is 46.0 Å². The number of carbonyl (C=O) groups excluding carboxylic acids is 1. The summed E-state index contributed by atoms with van der Waals surface area (Å²) < 4.78 is 0. The van der Waals surface area contributed by atoms with Crippen molar-refractivity contribution in [1.29, 1.82) is 0 Å². The lowest BCUT2D eigenvalue weighted by atomic mass is 9.90. The molecule has 0 aromatic heterocycles. The summed E-state index contributed by atoms with van der Waals surface area (Å²) in [6.45, 7) is 7.72. The van der Waals surface area contributed by atoms with Crippen LogP contribution in [-0.4, -0.2) is 37.0 Å². The van der Waals surface area contributed by atoms with Gasteiger partial charge in [-0.2, -0.15) is 0 Å². The minimum absolute atomic E-state index is 0.181. The molecule has 1 heterocycles. The van der Waals surface area contributed by atoms with Crippen molar-refractivity contribution in [1.82, 2.24) is 10.2 Å². The van der Waals surface area contributed by atoms with Crippen LogP contribution in [0.1, 0.15) is 43.7 Å². The number of aryl methyl sites for hydroxylation is 2. The Morgan fingerprint density at radius 1 is 1.23 bits per heavy atom. The van der Waals surface area contributed by atoms with E-state index < -0.39 is 0 Å². The Kier molecular flexibility index (Phi) is 6.91. The van der Waals surface area contributed by atoms with Crippen molar-refractivity contribution >= 4 is 5.91 Å². The summed E-state index contributed by atoms with van der Waals surface area (Å²) >= 11 is 0. The monoisotopic (exact) mass is 302 g/mol. The van der Waals surface area contributed by atoms with Crippen LogP contribution in [0, 0.1) is 12.8 Å². The van der Waals surface area contributed by atoms with Gasteiger partial charge in [0.2, 0.25) is 5.91 Å². The standard InChI is InChI=1S/C19H30N2O/c1-3-12-20-19(22)15-21-13-10-18(11-14-21)9-8-17-6-4-16(2)5-7-17/h4-7,18H,3,8-15H2,1-2H3,(H,20,22). The van der Waals surface area contributed by atoms with Crippen LogP contribution in [0.15, 0.2) is 24.3 Å². The third kappa shape index (κ3) is 5.80. The zero-order valence-corrected chi connectivity index (χ0v) is 14.1. The van der Waals surface area contributed by atoms with Crippen molar-refractivity contribution in [2.24, 2.45) is 5.92 Å². The first kappa shape index (κ1) is 17.0. The van der Waals surface area contributed by atoms with Crippen LogP contribution >= 0.6 is 0 Å². The number of carbonyl (C=O) groups is 1. The largest absolute Gasteiger partial charge is 0.355 e. The molecule has 1 amide bonds. The molecule has 0 saturated carbocycles. The molecule has 0 atom stereocenters. The van der Waals surface area contributed by atoms with Crippen LogP contribution in [0.5, 0.6) is 0 Å². The van der Waals surface area contributed by atoms with E-state index >= 15 is 0 Å². The molecule has 1 aromatic rings. The molecule has 1 aliphatic rings. The second-order valence-electron chi connectivity index (χ2n) is 6.59. The highest BCUT2D eigenvalue weighted by Crippen LogP contribution is 2.22. The van der Waals surface area contributed by atoms with Crippen molar-refractivity contribution in [2.75, 3.05) is 26.2 Å². The number of amides is 1. The zero-order valence-electron chi connectivity index (χ0n) is 14.1. The van der Waals surface area contributed by atoms with Crippen LogP contribution in [0.4, 0.5) is 0 Å². The van der Waals surface area contributed by atoms with Crippen LogP contribution in [0.2, 0.25) is 0 Å². The second kappa shape index (κ2) is 8.94. The van der Waals surface area contributed by atoms with Gasteiger partial charge in [-0.25, -0.2) is 0 Å². The first-order valence-corrected chi connectivity index (χ1v) is 8.72. The third-order valence-electron chi connectivity index (χ3n) is 4.61. The number of likely N-dealkylation sites (tertiary alicyclic amines) is 1. The molecule has 1 fully saturated rings. The SMILES string of the molecule is CCCNC(=O)CN1CCC(CCc2ccc(C)cc2)CC1. The summed E-state index contributed by atoms with van der Waals surface area (Å²) in [5.74, 6) is 0.996. The van der Waals surface area contributed by atoms with Gasteiger partial charge in [0.05, 0.1) is 6.54 Å². The van der Waals surface area contributed by atoms with E-state index in [1.165, 1.54) is 36.8 Å². The van der Waals surface area contributed by atoms with Crippen molar-refractivity contribution < 1.29 is 4.79 Å². The molecular weight excluding hydrogens is 272 g/mol. The molecule has 1 aliphatic heterocycles.